The number of carbonyl (C=O) groups excluding carboxylic acids is 2. The first kappa shape index (κ1) is 18.2. The van der Waals surface area contributed by atoms with Crippen LogP contribution in [0.1, 0.15) is 5.56 Å². The van der Waals surface area contributed by atoms with Crippen molar-refractivity contribution in [2.45, 2.75) is 0 Å². The summed E-state index contributed by atoms with van der Waals surface area (Å²) in [4.78, 5) is 27.7. The van der Waals surface area contributed by atoms with Gasteiger partial charge in [-0.3, -0.25) is 9.59 Å². The highest BCUT2D eigenvalue weighted by molar-refractivity contribution is 5.92. The fourth-order valence-electron chi connectivity index (χ4n) is 2.41. The molecule has 1 saturated heterocycles. The standard InChI is InChI=1S/C18H24N2O4/c1-23-13-14-24-15-18(22)20-11-9-19(10-12-20)17(21)8-7-16-5-3-2-4-6-16/h2-8H,9-15H2,1H3/b8-7+. The maximum atomic E-state index is 12.2. The van der Waals surface area contributed by atoms with Gasteiger partial charge in [0, 0.05) is 39.4 Å². The van der Waals surface area contributed by atoms with Crippen molar-refractivity contribution in [1.82, 2.24) is 9.80 Å². The topological polar surface area (TPSA) is 59.1 Å². The van der Waals surface area contributed by atoms with Crippen molar-refractivity contribution in [3.8, 4) is 0 Å². The number of rotatable bonds is 7. The first-order valence-corrected chi connectivity index (χ1v) is 8.07. The molecule has 1 aliphatic rings. The van der Waals surface area contributed by atoms with Crippen LogP contribution in [0.2, 0.25) is 0 Å². The second-order valence-electron chi connectivity index (χ2n) is 5.50. The van der Waals surface area contributed by atoms with Crippen molar-refractivity contribution in [2.24, 2.45) is 0 Å². The number of benzene rings is 1. The maximum absolute atomic E-state index is 12.2. The van der Waals surface area contributed by atoms with Gasteiger partial charge in [0.2, 0.25) is 11.8 Å². The molecule has 0 spiro atoms. The lowest BCUT2D eigenvalue weighted by Gasteiger charge is -2.34. The molecule has 2 amide bonds. The molecular weight excluding hydrogens is 308 g/mol. The summed E-state index contributed by atoms with van der Waals surface area (Å²) in [6.45, 7) is 3.11. The lowest BCUT2D eigenvalue weighted by Crippen LogP contribution is -2.51. The van der Waals surface area contributed by atoms with E-state index in [1.54, 1.807) is 23.0 Å². The highest BCUT2D eigenvalue weighted by atomic mass is 16.5. The number of nitrogens with zero attached hydrogens (tertiary/aromatic N) is 2. The molecule has 0 N–H and O–H groups in total. The quantitative estimate of drug-likeness (QED) is 0.553. The molecule has 0 unspecified atom stereocenters. The van der Waals surface area contributed by atoms with Crippen LogP contribution in [0.4, 0.5) is 0 Å². The van der Waals surface area contributed by atoms with Gasteiger partial charge in [-0.1, -0.05) is 30.3 Å². The van der Waals surface area contributed by atoms with Gasteiger partial charge in [-0.25, -0.2) is 0 Å². The van der Waals surface area contributed by atoms with Crippen molar-refractivity contribution in [3.05, 3.63) is 42.0 Å². The van der Waals surface area contributed by atoms with Crippen LogP contribution >= 0.6 is 0 Å². The van der Waals surface area contributed by atoms with Crippen molar-refractivity contribution >= 4 is 17.9 Å². The van der Waals surface area contributed by atoms with Crippen molar-refractivity contribution < 1.29 is 19.1 Å². The first-order chi connectivity index (χ1) is 11.7. The highest BCUT2D eigenvalue weighted by Gasteiger charge is 2.22. The Bertz CT molecular complexity index is 551. The number of hydrogen-bond donors (Lipinski definition) is 0. The normalized spacial score (nSPS) is 15.0. The maximum Gasteiger partial charge on any atom is 0.248 e. The Morgan fingerprint density at radius 1 is 1.04 bits per heavy atom. The van der Waals surface area contributed by atoms with E-state index in [1.807, 2.05) is 36.4 Å². The summed E-state index contributed by atoms with van der Waals surface area (Å²) in [7, 11) is 1.59. The minimum atomic E-state index is -0.0435. The molecule has 2 rings (SSSR count). The molecule has 1 aliphatic heterocycles. The minimum absolute atomic E-state index is 0.0257. The third-order valence-electron chi connectivity index (χ3n) is 3.82. The Hall–Kier alpha value is -2.18. The van der Waals surface area contributed by atoms with Gasteiger partial charge in [-0.2, -0.15) is 0 Å². The summed E-state index contributed by atoms with van der Waals surface area (Å²) in [6, 6.07) is 9.70. The number of hydrogen-bond acceptors (Lipinski definition) is 4. The third-order valence-corrected chi connectivity index (χ3v) is 3.82. The molecule has 1 fully saturated rings. The van der Waals surface area contributed by atoms with Gasteiger partial charge < -0.3 is 19.3 Å². The molecule has 1 aromatic rings. The lowest BCUT2D eigenvalue weighted by atomic mass is 10.2. The van der Waals surface area contributed by atoms with Crippen LogP contribution in [0.15, 0.2) is 36.4 Å². The zero-order valence-corrected chi connectivity index (χ0v) is 14.0. The second kappa shape index (κ2) is 9.85. The molecule has 1 heterocycles. The summed E-state index contributed by atoms with van der Waals surface area (Å²) < 4.78 is 10.1. The van der Waals surface area contributed by atoms with Crippen LogP contribution in [0, 0.1) is 0 Å². The second-order valence-corrected chi connectivity index (χ2v) is 5.50. The van der Waals surface area contributed by atoms with Gasteiger partial charge >= 0.3 is 0 Å². The van der Waals surface area contributed by atoms with Crippen molar-refractivity contribution in [2.75, 3.05) is 53.1 Å². The number of carbonyl (C=O) groups is 2. The number of piperazine rings is 1. The molecule has 0 saturated carbocycles. The number of amides is 2. The van der Waals surface area contributed by atoms with Crippen LogP contribution in [-0.2, 0) is 19.1 Å². The van der Waals surface area contributed by atoms with E-state index in [1.165, 1.54) is 0 Å². The Balaban J connectivity index is 1.72. The monoisotopic (exact) mass is 332 g/mol. The van der Waals surface area contributed by atoms with Gasteiger partial charge in [0.1, 0.15) is 6.61 Å². The average molecular weight is 332 g/mol. The summed E-state index contributed by atoms with van der Waals surface area (Å²) in [5.74, 6) is -0.0691. The predicted octanol–water partition coefficient (Wildman–Crippen LogP) is 1.03. The van der Waals surface area contributed by atoms with E-state index in [-0.39, 0.29) is 18.4 Å². The van der Waals surface area contributed by atoms with Crippen LogP contribution < -0.4 is 0 Å². The van der Waals surface area contributed by atoms with Crippen molar-refractivity contribution in [1.29, 1.82) is 0 Å². The minimum Gasteiger partial charge on any atom is -0.382 e. The van der Waals surface area contributed by atoms with Crippen LogP contribution in [0.3, 0.4) is 0 Å². The van der Waals surface area contributed by atoms with Crippen LogP contribution in [0.5, 0.6) is 0 Å². The Morgan fingerprint density at radius 2 is 1.71 bits per heavy atom. The van der Waals surface area contributed by atoms with E-state index in [0.29, 0.717) is 39.4 Å². The lowest BCUT2D eigenvalue weighted by molar-refractivity contribution is -0.141. The fraction of sp³-hybridized carbons (Fsp3) is 0.444. The van der Waals surface area contributed by atoms with Gasteiger partial charge in [-0.15, -0.1) is 0 Å². The van der Waals surface area contributed by atoms with Crippen LogP contribution in [0.25, 0.3) is 6.08 Å². The molecule has 0 radical (unpaired) electrons. The van der Waals surface area contributed by atoms with Gasteiger partial charge in [0.05, 0.1) is 13.2 Å². The molecular formula is C18H24N2O4. The molecule has 6 nitrogen and oxygen atoms in total. The summed E-state index contributed by atoms with van der Waals surface area (Å²) in [5.41, 5.74) is 0.993. The highest BCUT2D eigenvalue weighted by Crippen LogP contribution is 2.06. The van der Waals surface area contributed by atoms with E-state index in [4.69, 9.17) is 9.47 Å². The van der Waals surface area contributed by atoms with E-state index in [9.17, 15) is 9.59 Å². The first-order valence-electron chi connectivity index (χ1n) is 8.07. The van der Waals surface area contributed by atoms with E-state index in [2.05, 4.69) is 0 Å². The van der Waals surface area contributed by atoms with Gasteiger partial charge in [-0.05, 0) is 11.6 Å². The van der Waals surface area contributed by atoms with Gasteiger partial charge in [0.15, 0.2) is 0 Å². The molecule has 0 aromatic heterocycles. The molecule has 6 heteroatoms. The molecule has 1 aromatic carbocycles. The van der Waals surface area contributed by atoms with E-state index < -0.39 is 0 Å². The smallest absolute Gasteiger partial charge is 0.248 e. The molecule has 0 atom stereocenters. The van der Waals surface area contributed by atoms with Gasteiger partial charge in [0.25, 0.3) is 0 Å². The fourth-order valence-corrected chi connectivity index (χ4v) is 2.41. The summed E-state index contributed by atoms with van der Waals surface area (Å²) >= 11 is 0. The number of ether oxygens (including phenoxy) is 2. The average Bonchev–Trinajstić information content (AvgIpc) is 2.64. The van der Waals surface area contributed by atoms with Crippen molar-refractivity contribution in [3.63, 3.8) is 0 Å². The SMILES string of the molecule is COCCOCC(=O)N1CCN(C(=O)/C=C/c2ccccc2)CC1. The Kier molecular flexibility index (Phi) is 7.45. The largest absolute Gasteiger partial charge is 0.382 e. The number of methoxy groups -OCH3 is 1. The molecule has 130 valence electrons. The van der Waals surface area contributed by atoms with E-state index >= 15 is 0 Å². The zero-order valence-electron chi connectivity index (χ0n) is 14.0. The summed E-state index contributed by atoms with van der Waals surface area (Å²) in [6.07, 6.45) is 3.39. The third kappa shape index (κ3) is 5.79. The van der Waals surface area contributed by atoms with E-state index in [0.717, 1.165) is 5.56 Å². The summed E-state index contributed by atoms with van der Waals surface area (Å²) in [5, 5.41) is 0. The molecule has 0 bridgehead atoms. The molecule has 24 heavy (non-hydrogen) atoms. The van der Waals surface area contributed by atoms with Crippen LogP contribution in [-0.4, -0.2) is 74.7 Å². The Labute approximate surface area is 142 Å². The predicted molar refractivity (Wildman–Crippen MR) is 91.3 cm³/mol. The Morgan fingerprint density at radius 3 is 2.38 bits per heavy atom. The zero-order chi connectivity index (χ0) is 17.2. The molecule has 0 aliphatic carbocycles.